The fraction of sp³-hybridized carbons (Fsp3) is 0.417. The maximum atomic E-state index is 11.7. The Labute approximate surface area is 101 Å². The Bertz CT molecular complexity index is 379. The van der Waals surface area contributed by atoms with Gasteiger partial charge in [-0.3, -0.25) is 4.79 Å². The number of carbonyl (C=O) groups is 1. The topological polar surface area (TPSA) is 55.1 Å². The first-order valence-corrected chi connectivity index (χ1v) is 5.78. The summed E-state index contributed by atoms with van der Waals surface area (Å²) in [6, 6.07) is 5.09. The molecule has 0 spiro atoms. The summed E-state index contributed by atoms with van der Waals surface area (Å²) in [6.45, 7) is 3.97. The number of carbonyl (C=O) groups excluding carboxylic acids is 1. The molecule has 0 aliphatic carbocycles. The number of nitrogens with one attached hydrogen (secondary N) is 1. The Morgan fingerprint density at radius 1 is 1.56 bits per heavy atom. The molecule has 0 aliphatic rings. The third kappa shape index (κ3) is 3.42. The Balaban J connectivity index is 2.66. The van der Waals surface area contributed by atoms with E-state index in [0.717, 1.165) is 12.8 Å². The molecule has 3 N–H and O–H groups in total. The van der Waals surface area contributed by atoms with Crippen molar-refractivity contribution in [1.82, 2.24) is 0 Å². The molecule has 4 heteroatoms. The summed E-state index contributed by atoms with van der Waals surface area (Å²) in [6.07, 6.45) is 1.88. The highest BCUT2D eigenvalue weighted by atomic mass is 35.5. The summed E-state index contributed by atoms with van der Waals surface area (Å²) >= 11 is 5.86. The van der Waals surface area contributed by atoms with E-state index in [-0.39, 0.29) is 11.8 Å². The average Bonchev–Trinajstić information content (AvgIpc) is 2.24. The number of hydrogen-bond acceptors (Lipinski definition) is 2. The molecule has 1 unspecified atom stereocenters. The second kappa shape index (κ2) is 5.75. The van der Waals surface area contributed by atoms with Crippen LogP contribution in [0, 0.1) is 5.92 Å². The molecule has 0 aromatic heterocycles. The molecular weight excluding hydrogens is 224 g/mol. The molecule has 1 rings (SSSR count). The lowest BCUT2D eigenvalue weighted by atomic mass is 10.1. The fourth-order valence-electron chi connectivity index (χ4n) is 1.43. The highest BCUT2D eigenvalue weighted by Crippen LogP contribution is 2.23. The molecule has 1 aromatic carbocycles. The Morgan fingerprint density at radius 2 is 2.25 bits per heavy atom. The lowest BCUT2D eigenvalue weighted by Gasteiger charge is -2.11. The van der Waals surface area contributed by atoms with Gasteiger partial charge in [0.15, 0.2) is 0 Å². The molecule has 0 bridgehead atoms. The van der Waals surface area contributed by atoms with Crippen molar-refractivity contribution in [3.8, 4) is 0 Å². The summed E-state index contributed by atoms with van der Waals surface area (Å²) in [7, 11) is 0. The minimum atomic E-state index is 0.0151. The van der Waals surface area contributed by atoms with Crippen LogP contribution in [0.4, 0.5) is 11.4 Å². The third-order valence-corrected chi connectivity index (χ3v) is 2.76. The predicted octanol–water partition coefficient (Wildman–Crippen LogP) is 3.30. The fourth-order valence-corrected chi connectivity index (χ4v) is 1.61. The maximum absolute atomic E-state index is 11.7. The minimum Gasteiger partial charge on any atom is -0.398 e. The molecule has 1 atom stereocenters. The van der Waals surface area contributed by atoms with Crippen LogP contribution in [-0.4, -0.2) is 5.91 Å². The van der Waals surface area contributed by atoms with Gasteiger partial charge in [0.25, 0.3) is 0 Å². The first-order chi connectivity index (χ1) is 7.54. The number of rotatable bonds is 4. The van der Waals surface area contributed by atoms with E-state index in [4.69, 9.17) is 17.3 Å². The number of benzene rings is 1. The quantitative estimate of drug-likeness (QED) is 0.794. The first-order valence-electron chi connectivity index (χ1n) is 5.40. The van der Waals surface area contributed by atoms with Gasteiger partial charge in [0.05, 0.1) is 10.7 Å². The highest BCUT2D eigenvalue weighted by molar-refractivity contribution is 6.33. The summed E-state index contributed by atoms with van der Waals surface area (Å²) in [4.78, 5) is 11.7. The van der Waals surface area contributed by atoms with Crippen molar-refractivity contribution in [3.63, 3.8) is 0 Å². The van der Waals surface area contributed by atoms with Crippen LogP contribution >= 0.6 is 11.6 Å². The highest BCUT2D eigenvalue weighted by Gasteiger charge is 2.12. The van der Waals surface area contributed by atoms with Crippen molar-refractivity contribution in [1.29, 1.82) is 0 Å². The lowest BCUT2D eigenvalue weighted by molar-refractivity contribution is -0.119. The van der Waals surface area contributed by atoms with Crippen molar-refractivity contribution in [3.05, 3.63) is 23.2 Å². The minimum absolute atomic E-state index is 0.0151. The van der Waals surface area contributed by atoms with E-state index in [1.54, 1.807) is 18.2 Å². The van der Waals surface area contributed by atoms with Gasteiger partial charge in [0, 0.05) is 11.6 Å². The molecule has 0 saturated carbocycles. The van der Waals surface area contributed by atoms with Gasteiger partial charge in [-0.25, -0.2) is 0 Å². The van der Waals surface area contributed by atoms with Crippen LogP contribution in [0.25, 0.3) is 0 Å². The predicted molar refractivity (Wildman–Crippen MR) is 68.6 cm³/mol. The molecule has 1 amide bonds. The van der Waals surface area contributed by atoms with Crippen LogP contribution in [0.1, 0.15) is 26.7 Å². The zero-order chi connectivity index (χ0) is 12.1. The van der Waals surface area contributed by atoms with Crippen LogP contribution < -0.4 is 11.1 Å². The average molecular weight is 241 g/mol. The smallest absolute Gasteiger partial charge is 0.227 e. The molecule has 0 saturated heterocycles. The maximum Gasteiger partial charge on any atom is 0.227 e. The van der Waals surface area contributed by atoms with E-state index < -0.39 is 0 Å². The van der Waals surface area contributed by atoms with Gasteiger partial charge in [-0.05, 0) is 24.6 Å². The van der Waals surface area contributed by atoms with Crippen LogP contribution in [0.15, 0.2) is 18.2 Å². The molecule has 3 nitrogen and oxygen atoms in total. The van der Waals surface area contributed by atoms with E-state index in [2.05, 4.69) is 12.2 Å². The Morgan fingerprint density at radius 3 is 2.81 bits per heavy atom. The van der Waals surface area contributed by atoms with Crippen molar-refractivity contribution in [2.45, 2.75) is 26.7 Å². The van der Waals surface area contributed by atoms with Crippen LogP contribution in [0.3, 0.4) is 0 Å². The van der Waals surface area contributed by atoms with Crippen molar-refractivity contribution < 1.29 is 4.79 Å². The summed E-state index contributed by atoms with van der Waals surface area (Å²) in [5, 5.41) is 3.27. The SMILES string of the molecule is CCCC(C)C(=O)Nc1ccc(N)c(Cl)c1. The molecule has 0 radical (unpaired) electrons. The molecule has 0 heterocycles. The lowest BCUT2D eigenvalue weighted by Crippen LogP contribution is -2.20. The van der Waals surface area contributed by atoms with Gasteiger partial charge in [-0.15, -0.1) is 0 Å². The largest absolute Gasteiger partial charge is 0.398 e. The second-order valence-corrected chi connectivity index (χ2v) is 4.32. The first kappa shape index (κ1) is 12.8. The third-order valence-electron chi connectivity index (χ3n) is 2.44. The van der Waals surface area contributed by atoms with Gasteiger partial charge in [-0.1, -0.05) is 31.9 Å². The van der Waals surface area contributed by atoms with Gasteiger partial charge in [0.2, 0.25) is 5.91 Å². The summed E-state index contributed by atoms with van der Waals surface area (Å²) in [5.74, 6) is 0.0315. The van der Waals surface area contributed by atoms with E-state index in [9.17, 15) is 4.79 Å². The van der Waals surface area contributed by atoms with E-state index in [1.165, 1.54) is 0 Å². The van der Waals surface area contributed by atoms with Crippen molar-refractivity contribution >= 4 is 28.9 Å². The van der Waals surface area contributed by atoms with E-state index >= 15 is 0 Å². The Hall–Kier alpha value is -1.22. The van der Waals surface area contributed by atoms with Crippen LogP contribution in [0.2, 0.25) is 5.02 Å². The summed E-state index contributed by atoms with van der Waals surface area (Å²) in [5.41, 5.74) is 6.78. The van der Waals surface area contributed by atoms with Crippen LogP contribution in [-0.2, 0) is 4.79 Å². The number of amides is 1. The molecule has 88 valence electrons. The second-order valence-electron chi connectivity index (χ2n) is 3.92. The van der Waals surface area contributed by atoms with Crippen molar-refractivity contribution in [2.75, 3.05) is 11.1 Å². The molecular formula is C12H17ClN2O. The van der Waals surface area contributed by atoms with Crippen molar-refractivity contribution in [2.24, 2.45) is 5.92 Å². The Kier molecular flexibility index (Phi) is 4.62. The monoisotopic (exact) mass is 240 g/mol. The number of nitrogen functional groups attached to an aromatic ring is 1. The van der Waals surface area contributed by atoms with Gasteiger partial charge >= 0.3 is 0 Å². The van der Waals surface area contributed by atoms with Gasteiger partial charge < -0.3 is 11.1 Å². The van der Waals surface area contributed by atoms with Gasteiger partial charge in [-0.2, -0.15) is 0 Å². The van der Waals surface area contributed by atoms with E-state index in [1.807, 2.05) is 6.92 Å². The zero-order valence-corrected chi connectivity index (χ0v) is 10.3. The normalized spacial score (nSPS) is 12.2. The molecule has 16 heavy (non-hydrogen) atoms. The number of halogens is 1. The number of nitrogens with two attached hydrogens (primary N) is 1. The van der Waals surface area contributed by atoms with Crippen LogP contribution in [0.5, 0.6) is 0 Å². The molecule has 0 fully saturated rings. The van der Waals surface area contributed by atoms with Gasteiger partial charge in [0.1, 0.15) is 0 Å². The van der Waals surface area contributed by atoms with E-state index in [0.29, 0.717) is 16.4 Å². The summed E-state index contributed by atoms with van der Waals surface area (Å²) < 4.78 is 0. The molecule has 1 aromatic rings. The number of hydrogen-bond donors (Lipinski definition) is 2. The zero-order valence-electron chi connectivity index (χ0n) is 9.59. The standard InChI is InChI=1S/C12H17ClN2O/c1-3-4-8(2)12(16)15-9-5-6-11(14)10(13)7-9/h5-8H,3-4,14H2,1-2H3,(H,15,16). The number of anilines is 2. The molecule has 0 aliphatic heterocycles.